The van der Waals surface area contributed by atoms with Gasteiger partial charge in [-0.2, -0.15) is 5.26 Å². The Hall–Kier alpha value is -1.89. The summed E-state index contributed by atoms with van der Waals surface area (Å²) >= 11 is 0. The molecule has 1 heterocycles. The molecule has 19 heavy (non-hydrogen) atoms. The van der Waals surface area contributed by atoms with Gasteiger partial charge in [-0.05, 0) is 37.8 Å². The van der Waals surface area contributed by atoms with Gasteiger partial charge in [-0.1, -0.05) is 13.3 Å². The zero-order valence-corrected chi connectivity index (χ0v) is 11.5. The Labute approximate surface area is 115 Å². The average molecular weight is 259 g/mol. The average Bonchev–Trinajstić information content (AvgIpc) is 2.46. The molecule has 4 heteroatoms. The highest BCUT2D eigenvalue weighted by molar-refractivity contribution is 5.46. The molecule has 0 saturated heterocycles. The summed E-state index contributed by atoms with van der Waals surface area (Å²) in [5.41, 5.74) is 1.63. The Bertz CT molecular complexity index is 408. The molecule has 0 aliphatic rings. The van der Waals surface area contributed by atoms with Crippen LogP contribution in [0.2, 0.25) is 0 Å². The zero-order chi connectivity index (χ0) is 13.9. The number of nitriles is 1. The Morgan fingerprint density at radius 2 is 2.16 bits per heavy atom. The molecule has 0 bridgehead atoms. The van der Waals surface area contributed by atoms with E-state index in [1.54, 1.807) is 12.3 Å². The normalized spacial score (nSPS) is 9.89. The number of carbonyl (C=O) groups is 1. The van der Waals surface area contributed by atoms with Gasteiger partial charge in [0.05, 0.1) is 5.56 Å². The number of aryl methyl sites for hydroxylation is 1. The summed E-state index contributed by atoms with van der Waals surface area (Å²) in [5.74, 6) is 0. The predicted octanol–water partition coefficient (Wildman–Crippen LogP) is 2.53. The maximum atomic E-state index is 10.7. The topological polar surface area (TPSA) is 57.0 Å². The van der Waals surface area contributed by atoms with Gasteiger partial charge in [0.25, 0.3) is 0 Å². The Morgan fingerprint density at radius 3 is 2.74 bits per heavy atom. The smallest absolute Gasteiger partial charge is 0.209 e. The van der Waals surface area contributed by atoms with Crippen LogP contribution in [0.15, 0.2) is 18.3 Å². The molecule has 0 N–H and O–H groups in total. The molecule has 0 unspecified atom stereocenters. The maximum Gasteiger partial charge on any atom is 0.209 e. The molecular weight excluding hydrogens is 238 g/mol. The summed E-state index contributed by atoms with van der Waals surface area (Å²) < 4.78 is 0. The van der Waals surface area contributed by atoms with Crippen molar-refractivity contribution in [1.29, 1.82) is 5.26 Å². The molecule has 0 saturated carbocycles. The number of unbranched alkanes of at least 4 members (excludes halogenated alkanes) is 2. The van der Waals surface area contributed by atoms with Gasteiger partial charge >= 0.3 is 0 Å². The van der Waals surface area contributed by atoms with Crippen molar-refractivity contribution < 1.29 is 4.79 Å². The van der Waals surface area contributed by atoms with Crippen LogP contribution in [-0.4, -0.2) is 29.4 Å². The maximum absolute atomic E-state index is 10.7. The fourth-order valence-electron chi connectivity index (χ4n) is 1.94. The van der Waals surface area contributed by atoms with Crippen molar-refractivity contribution >= 4 is 6.41 Å². The third-order valence-electron chi connectivity index (χ3n) is 2.99. The van der Waals surface area contributed by atoms with Gasteiger partial charge in [-0.25, -0.2) is 0 Å². The first-order chi connectivity index (χ1) is 9.30. The van der Waals surface area contributed by atoms with Crippen LogP contribution >= 0.6 is 0 Å². The summed E-state index contributed by atoms with van der Waals surface area (Å²) in [5, 5.41) is 8.67. The van der Waals surface area contributed by atoms with E-state index in [0.29, 0.717) is 5.56 Å². The Morgan fingerprint density at radius 1 is 1.32 bits per heavy atom. The van der Waals surface area contributed by atoms with Crippen LogP contribution < -0.4 is 0 Å². The van der Waals surface area contributed by atoms with Crippen molar-refractivity contribution in [3.8, 4) is 6.07 Å². The first kappa shape index (κ1) is 15.2. The monoisotopic (exact) mass is 259 g/mol. The van der Waals surface area contributed by atoms with Crippen molar-refractivity contribution in [1.82, 2.24) is 9.88 Å². The second kappa shape index (κ2) is 9.09. The van der Waals surface area contributed by atoms with E-state index in [0.717, 1.165) is 57.3 Å². The fraction of sp³-hybridized carbons (Fsp3) is 0.533. The summed E-state index contributed by atoms with van der Waals surface area (Å²) in [4.78, 5) is 16.8. The third kappa shape index (κ3) is 6.01. The lowest BCUT2D eigenvalue weighted by atomic mass is 10.1. The van der Waals surface area contributed by atoms with Crippen molar-refractivity contribution in [2.75, 3.05) is 13.1 Å². The zero-order valence-electron chi connectivity index (χ0n) is 11.5. The van der Waals surface area contributed by atoms with Crippen LogP contribution in [0.1, 0.15) is 43.9 Å². The van der Waals surface area contributed by atoms with E-state index < -0.39 is 0 Å². The third-order valence-corrected chi connectivity index (χ3v) is 2.99. The standard InChI is InChI=1S/C15H21N3O/c1-2-9-18(13-19)10-5-3-4-6-15-8-7-14(11-16)12-17-15/h7-8,12-13H,2-6,9-10H2,1H3. The van der Waals surface area contributed by atoms with Crippen LogP contribution in [0.5, 0.6) is 0 Å². The number of hydrogen-bond donors (Lipinski definition) is 0. The molecule has 0 atom stereocenters. The van der Waals surface area contributed by atoms with Gasteiger partial charge in [0.2, 0.25) is 6.41 Å². The van der Waals surface area contributed by atoms with E-state index in [1.807, 2.05) is 11.0 Å². The predicted molar refractivity (Wildman–Crippen MR) is 74.4 cm³/mol. The molecule has 1 aromatic heterocycles. The van der Waals surface area contributed by atoms with E-state index in [2.05, 4.69) is 18.0 Å². The Kier molecular flexibility index (Phi) is 7.26. The lowest BCUT2D eigenvalue weighted by molar-refractivity contribution is -0.118. The lowest BCUT2D eigenvalue weighted by Gasteiger charge is -2.15. The Balaban J connectivity index is 2.16. The number of aromatic nitrogens is 1. The van der Waals surface area contributed by atoms with Gasteiger partial charge in [0.15, 0.2) is 0 Å². The van der Waals surface area contributed by atoms with E-state index in [-0.39, 0.29) is 0 Å². The van der Waals surface area contributed by atoms with Crippen LogP contribution in [0.4, 0.5) is 0 Å². The summed E-state index contributed by atoms with van der Waals surface area (Å²) in [6, 6.07) is 5.77. The molecule has 0 aliphatic heterocycles. The molecule has 0 aliphatic carbocycles. The van der Waals surface area contributed by atoms with Crippen LogP contribution in [-0.2, 0) is 11.2 Å². The van der Waals surface area contributed by atoms with E-state index >= 15 is 0 Å². The molecule has 0 spiro atoms. The van der Waals surface area contributed by atoms with Gasteiger partial charge in [0.1, 0.15) is 6.07 Å². The van der Waals surface area contributed by atoms with E-state index in [4.69, 9.17) is 5.26 Å². The number of carbonyl (C=O) groups excluding carboxylic acids is 1. The van der Waals surface area contributed by atoms with Gasteiger partial charge in [-0.3, -0.25) is 9.78 Å². The summed E-state index contributed by atoms with van der Waals surface area (Å²) in [7, 11) is 0. The molecule has 0 aromatic carbocycles. The molecule has 1 amide bonds. The van der Waals surface area contributed by atoms with Crippen molar-refractivity contribution in [2.45, 2.75) is 39.0 Å². The summed E-state index contributed by atoms with van der Waals surface area (Å²) in [6.45, 7) is 3.77. The largest absolute Gasteiger partial charge is 0.345 e. The second-order valence-corrected chi connectivity index (χ2v) is 4.60. The molecular formula is C15H21N3O. The van der Waals surface area contributed by atoms with Crippen LogP contribution in [0.3, 0.4) is 0 Å². The van der Waals surface area contributed by atoms with Gasteiger partial charge < -0.3 is 4.90 Å². The highest BCUT2D eigenvalue weighted by Gasteiger charge is 2.00. The van der Waals surface area contributed by atoms with Crippen molar-refractivity contribution in [3.63, 3.8) is 0 Å². The van der Waals surface area contributed by atoms with E-state index in [9.17, 15) is 4.79 Å². The molecule has 1 aromatic rings. The minimum absolute atomic E-state index is 0.602. The van der Waals surface area contributed by atoms with Gasteiger partial charge in [0, 0.05) is 25.0 Å². The van der Waals surface area contributed by atoms with Crippen LogP contribution in [0, 0.1) is 11.3 Å². The summed E-state index contributed by atoms with van der Waals surface area (Å²) in [6.07, 6.45) is 7.69. The number of hydrogen-bond acceptors (Lipinski definition) is 3. The van der Waals surface area contributed by atoms with Gasteiger partial charge in [-0.15, -0.1) is 0 Å². The molecule has 0 fully saturated rings. The highest BCUT2D eigenvalue weighted by Crippen LogP contribution is 2.06. The van der Waals surface area contributed by atoms with Crippen molar-refractivity contribution in [3.05, 3.63) is 29.6 Å². The quantitative estimate of drug-likeness (QED) is 0.506. The minimum Gasteiger partial charge on any atom is -0.345 e. The first-order valence-corrected chi connectivity index (χ1v) is 6.84. The second-order valence-electron chi connectivity index (χ2n) is 4.60. The van der Waals surface area contributed by atoms with E-state index in [1.165, 1.54) is 0 Å². The van der Waals surface area contributed by atoms with Crippen molar-refractivity contribution in [2.24, 2.45) is 0 Å². The SMILES string of the molecule is CCCN(C=O)CCCCCc1ccc(C#N)cn1. The number of nitrogens with zero attached hydrogens (tertiary/aromatic N) is 3. The number of rotatable bonds is 9. The minimum atomic E-state index is 0.602. The molecule has 1 rings (SSSR count). The van der Waals surface area contributed by atoms with Crippen LogP contribution in [0.25, 0.3) is 0 Å². The number of amides is 1. The number of pyridine rings is 1. The molecule has 4 nitrogen and oxygen atoms in total. The lowest BCUT2D eigenvalue weighted by Crippen LogP contribution is -2.23. The fourth-order valence-corrected chi connectivity index (χ4v) is 1.94. The molecule has 102 valence electrons. The molecule has 0 radical (unpaired) electrons. The highest BCUT2D eigenvalue weighted by atomic mass is 16.1. The first-order valence-electron chi connectivity index (χ1n) is 6.84.